The second kappa shape index (κ2) is 7.26. The molecule has 0 aliphatic heterocycles. The van der Waals surface area contributed by atoms with E-state index in [9.17, 15) is 8.42 Å². The van der Waals surface area contributed by atoms with Crippen molar-refractivity contribution < 1.29 is 8.42 Å². The molecule has 0 spiro atoms. The number of rotatable bonds is 5. The monoisotopic (exact) mass is 281 g/mol. The Labute approximate surface area is 114 Å². The van der Waals surface area contributed by atoms with Gasteiger partial charge in [0.25, 0.3) is 0 Å². The van der Waals surface area contributed by atoms with E-state index >= 15 is 0 Å². The highest BCUT2D eigenvalue weighted by atomic mass is 32.2. The SMILES string of the molecule is CN(C)CCNS(=O)(=O)c1ccc(C#CCN)cc1. The van der Waals surface area contributed by atoms with Crippen molar-refractivity contribution in [3.05, 3.63) is 29.8 Å². The normalized spacial score (nSPS) is 11.2. The minimum absolute atomic E-state index is 0.240. The summed E-state index contributed by atoms with van der Waals surface area (Å²) in [6, 6.07) is 6.42. The quantitative estimate of drug-likeness (QED) is 0.735. The molecular formula is C13H19N3O2S. The van der Waals surface area contributed by atoms with Crippen LogP contribution in [0.4, 0.5) is 0 Å². The fourth-order valence-corrected chi connectivity index (χ4v) is 2.38. The highest BCUT2D eigenvalue weighted by molar-refractivity contribution is 7.89. The summed E-state index contributed by atoms with van der Waals surface area (Å²) >= 11 is 0. The lowest BCUT2D eigenvalue weighted by Crippen LogP contribution is -2.31. The summed E-state index contributed by atoms with van der Waals surface area (Å²) in [6.07, 6.45) is 0. The smallest absolute Gasteiger partial charge is 0.240 e. The van der Waals surface area contributed by atoms with Gasteiger partial charge in [-0.25, -0.2) is 13.1 Å². The number of sulfonamides is 1. The zero-order chi connectivity index (χ0) is 14.3. The third kappa shape index (κ3) is 5.41. The number of nitrogens with one attached hydrogen (secondary N) is 1. The second-order valence-corrected chi connectivity index (χ2v) is 6.00. The van der Waals surface area contributed by atoms with Gasteiger partial charge in [0.15, 0.2) is 0 Å². The van der Waals surface area contributed by atoms with Gasteiger partial charge in [-0.3, -0.25) is 0 Å². The summed E-state index contributed by atoms with van der Waals surface area (Å²) in [5.74, 6) is 5.56. The summed E-state index contributed by atoms with van der Waals surface area (Å²) in [6.45, 7) is 1.31. The first-order valence-corrected chi connectivity index (χ1v) is 7.37. The Hall–Kier alpha value is -1.39. The highest BCUT2D eigenvalue weighted by Gasteiger charge is 2.12. The lowest BCUT2D eigenvalue weighted by Gasteiger charge is -2.10. The Morgan fingerprint density at radius 1 is 1.26 bits per heavy atom. The third-order valence-electron chi connectivity index (χ3n) is 2.35. The highest BCUT2D eigenvalue weighted by Crippen LogP contribution is 2.09. The lowest BCUT2D eigenvalue weighted by atomic mass is 10.2. The van der Waals surface area contributed by atoms with Gasteiger partial charge in [-0.15, -0.1) is 0 Å². The zero-order valence-electron chi connectivity index (χ0n) is 11.2. The van der Waals surface area contributed by atoms with E-state index in [-0.39, 0.29) is 11.4 Å². The molecule has 0 aliphatic carbocycles. The van der Waals surface area contributed by atoms with Crippen LogP contribution in [0.15, 0.2) is 29.2 Å². The molecule has 0 aliphatic rings. The predicted octanol–water partition coefficient (Wildman–Crippen LogP) is -0.163. The van der Waals surface area contributed by atoms with Crippen molar-refractivity contribution in [2.24, 2.45) is 5.73 Å². The van der Waals surface area contributed by atoms with E-state index in [0.717, 1.165) is 5.56 Å². The molecule has 5 nitrogen and oxygen atoms in total. The van der Waals surface area contributed by atoms with Crippen LogP contribution in [0, 0.1) is 11.8 Å². The molecule has 0 fully saturated rings. The average molecular weight is 281 g/mol. The Balaban J connectivity index is 2.73. The van der Waals surface area contributed by atoms with E-state index in [0.29, 0.717) is 13.1 Å². The molecule has 0 heterocycles. The van der Waals surface area contributed by atoms with E-state index in [1.165, 1.54) is 0 Å². The van der Waals surface area contributed by atoms with Gasteiger partial charge in [-0.05, 0) is 38.4 Å². The third-order valence-corrected chi connectivity index (χ3v) is 3.83. The summed E-state index contributed by atoms with van der Waals surface area (Å²) in [5.41, 5.74) is 6.02. The van der Waals surface area contributed by atoms with Crippen molar-refractivity contribution in [2.45, 2.75) is 4.90 Å². The molecule has 3 N–H and O–H groups in total. The molecular weight excluding hydrogens is 262 g/mol. The van der Waals surface area contributed by atoms with Gasteiger partial charge in [0, 0.05) is 18.7 Å². The van der Waals surface area contributed by atoms with Crippen LogP contribution < -0.4 is 10.5 Å². The maximum atomic E-state index is 12.0. The fourth-order valence-electron chi connectivity index (χ4n) is 1.36. The number of hydrogen-bond acceptors (Lipinski definition) is 4. The second-order valence-electron chi connectivity index (χ2n) is 4.23. The molecule has 0 radical (unpaired) electrons. The average Bonchev–Trinajstić information content (AvgIpc) is 2.36. The van der Waals surface area contributed by atoms with Crippen LogP contribution in [0.2, 0.25) is 0 Å². The molecule has 0 aromatic heterocycles. The zero-order valence-corrected chi connectivity index (χ0v) is 12.0. The van der Waals surface area contributed by atoms with Crippen LogP contribution >= 0.6 is 0 Å². The summed E-state index contributed by atoms with van der Waals surface area (Å²) in [7, 11) is 0.333. The van der Waals surface area contributed by atoms with Gasteiger partial charge < -0.3 is 10.6 Å². The van der Waals surface area contributed by atoms with Crippen molar-refractivity contribution in [3.8, 4) is 11.8 Å². The standard InChI is InChI=1S/C13H19N3O2S/c1-16(2)11-10-15-19(17,18)13-7-5-12(6-8-13)4-3-9-14/h5-8,15H,9-11,14H2,1-2H3. The maximum Gasteiger partial charge on any atom is 0.240 e. The van der Waals surface area contributed by atoms with Gasteiger partial charge in [0.05, 0.1) is 11.4 Å². The van der Waals surface area contributed by atoms with Crippen LogP contribution in [0.1, 0.15) is 5.56 Å². The van der Waals surface area contributed by atoms with Crippen LogP contribution in [-0.2, 0) is 10.0 Å². The summed E-state index contributed by atoms with van der Waals surface area (Å²) in [5, 5.41) is 0. The molecule has 0 saturated heterocycles. The Morgan fingerprint density at radius 3 is 2.42 bits per heavy atom. The molecule has 0 bridgehead atoms. The van der Waals surface area contributed by atoms with Crippen molar-refractivity contribution in [3.63, 3.8) is 0 Å². The van der Waals surface area contributed by atoms with Crippen molar-refractivity contribution in [1.82, 2.24) is 9.62 Å². The number of hydrogen-bond donors (Lipinski definition) is 2. The first-order chi connectivity index (χ1) is 8.95. The van der Waals surface area contributed by atoms with E-state index in [2.05, 4.69) is 16.6 Å². The molecule has 0 unspecified atom stereocenters. The number of likely N-dealkylation sites (N-methyl/N-ethyl adjacent to an activating group) is 1. The van der Waals surface area contributed by atoms with E-state index in [1.54, 1.807) is 24.3 Å². The van der Waals surface area contributed by atoms with E-state index < -0.39 is 10.0 Å². The topological polar surface area (TPSA) is 75.4 Å². The van der Waals surface area contributed by atoms with Gasteiger partial charge in [-0.1, -0.05) is 11.8 Å². The molecule has 0 saturated carbocycles. The number of benzene rings is 1. The van der Waals surface area contributed by atoms with Crippen molar-refractivity contribution >= 4 is 10.0 Å². The van der Waals surface area contributed by atoms with Gasteiger partial charge in [0.1, 0.15) is 0 Å². The van der Waals surface area contributed by atoms with Gasteiger partial charge in [0.2, 0.25) is 10.0 Å². The van der Waals surface area contributed by atoms with Gasteiger partial charge in [-0.2, -0.15) is 0 Å². The molecule has 0 amide bonds. The molecule has 6 heteroatoms. The molecule has 19 heavy (non-hydrogen) atoms. The Kier molecular flexibility index (Phi) is 5.99. The van der Waals surface area contributed by atoms with Crippen LogP contribution in [0.25, 0.3) is 0 Å². The predicted molar refractivity (Wildman–Crippen MR) is 76.1 cm³/mol. The van der Waals surface area contributed by atoms with E-state index in [1.807, 2.05) is 19.0 Å². The first kappa shape index (κ1) is 15.7. The molecule has 104 valence electrons. The summed E-state index contributed by atoms with van der Waals surface area (Å²) in [4.78, 5) is 2.15. The Bertz CT molecular complexity index is 554. The van der Waals surface area contributed by atoms with Crippen molar-refractivity contribution in [2.75, 3.05) is 33.7 Å². The minimum atomic E-state index is -3.44. The largest absolute Gasteiger partial charge is 0.320 e. The number of nitrogens with two attached hydrogens (primary N) is 1. The van der Waals surface area contributed by atoms with Gasteiger partial charge >= 0.3 is 0 Å². The maximum absolute atomic E-state index is 12.0. The molecule has 1 rings (SSSR count). The Morgan fingerprint density at radius 2 is 1.89 bits per heavy atom. The van der Waals surface area contributed by atoms with Crippen LogP contribution in [0.5, 0.6) is 0 Å². The first-order valence-electron chi connectivity index (χ1n) is 5.89. The van der Waals surface area contributed by atoms with Crippen LogP contribution in [-0.4, -0.2) is 47.0 Å². The molecule has 1 aromatic carbocycles. The van der Waals surface area contributed by atoms with Crippen LogP contribution in [0.3, 0.4) is 0 Å². The van der Waals surface area contributed by atoms with E-state index in [4.69, 9.17) is 5.73 Å². The van der Waals surface area contributed by atoms with Crippen molar-refractivity contribution in [1.29, 1.82) is 0 Å². The lowest BCUT2D eigenvalue weighted by molar-refractivity contribution is 0.412. The molecule has 1 aromatic rings. The summed E-state index contributed by atoms with van der Waals surface area (Å²) < 4.78 is 26.5. The molecule has 0 atom stereocenters. The fraction of sp³-hybridized carbons (Fsp3) is 0.385. The number of nitrogens with zero attached hydrogens (tertiary/aromatic N) is 1. The minimum Gasteiger partial charge on any atom is -0.320 e.